The fourth-order valence-corrected chi connectivity index (χ4v) is 6.06. The highest BCUT2D eigenvalue weighted by Gasteiger charge is 2.73. The van der Waals surface area contributed by atoms with Crippen LogP contribution in [0.5, 0.6) is 11.5 Å². The van der Waals surface area contributed by atoms with Gasteiger partial charge < -0.3 is 9.47 Å². The third-order valence-corrected chi connectivity index (χ3v) is 7.88. The van der Waals surface area contributed by atoms with Crippen LogP contribution in [0.25, 0.3) is 0 Å². The lowest BCUT2D eigenvalue weighted by molar-refractivity contribution is -0.384. The molecular weight excluding hydrogens is 450 g/mol. The molecule has 6 rings (SSSR count). The Bertz CT molecular complexity index is 1260. The van der Waals surface area contributed by atoms with Gasteiger partial charge in [-0.15, -0.1) is 0 Å². The number of ether oxygens (including phenoxy) is 2. The minimum absolute atomic E-state index is 0.0181. The molecule has 4 atom stereocenters. The molecule has 35 heavy (non-hydrogen) atoms. The van der Waals surface area contributed by atoms with Crippen molar-refractivity contribution in [3.8, 4) is 11.5 Å². The summed E-state index contributed by atoms with van der Waals surface area (Å²) >= 11 is 0. The van der Waals surface area contributed by atoms with Gasteiger partial charge >= 0.3 is 0 Å². The first-order valence-electron chi connectivity index (χ1n) is 11.6. The maximum Gasteiger partial charge on any atom is 0.269 e. The van der Waals surface area contributed by atoms with Crippen LogP contribution < -0.4 is 9.47 Å². The average molecular weight is 473 g/mol. The van der Waals surface area contributed by atoms with Gasteiger partial charge in [-0.1, -0.05) is 12.2 Å². The second-order valence-corrected chi connectivity index (χ2v) is 9.58. The molecule has 2 aromatic carbocycles. The van der Waals surface area contributed by atoms with Crippen LogP contribution in [0.15, 0.2) is 59.7 Å². The number of hydrogen-bond acceptors (Lipinski definition) is 7. The molecule has 9 heteroatoms. The summed E-state index contributed by atoms with van der Waals surface area (Å²) in [5.74, 6) is 0.336. The van der Waals surface area contributed by atoms with E-state index in [2.05, 4.69) is 17.3 Å². The molecule has 3 aliphatic carbocycles. The van der Waals surface area contributed by atoms with Crippen LogP contribution in [-0.2, 0) is 16.2 Å². The van der Waals surface area contributed by atoms with Gasteiger partial charge in [-0.05, 0) is 71.6 Å². The third kappa shape index (κ3) is 3.25. The number of allylic oxidation sites excluding steroid dienone is 2. The van der Waals surface area contributed by atoms with Crippen LogP contribution in [0.1, 0.15) is 24.0 Å². The monoisotopic (exact) mass is 473 g/mol. The van der Waals surface area contributed by atoms with Gasteiger partial charge in [0.05, 0.1) is 30.1 Å². The molecule has 0 unspecified atom stereocenters. The number of benzene rings is 2. The normalized spacial score (nSPS) is 27.2. The standard InChI is InChI=1S/C26H23N3O6/c1-34-21-12-16(4-9-20(21)35-14-15-2-5-17(6-3-15)29(32)33)13-27-28-24(30)22-18-7-8-19(23(22)25(28)31)26(18)10-11-26/h2-9,12-13,18-19,22-23H,10-11,14H2,1H3/b27-13-/t18-,19-,22-,23-/m1/s1. The molecule has 2 aromatic rings. The van der Waals surface area contributed by atoms with Crippen molar-refractivity contribution in [1.82, 2.24) is 5.01 Å². The number of carbonyl (C=O) groups excluding carboxylic acids is 2. The van der Waals surface area contributed by atoms with E-state index in [1.165, 1.54) is 25.5 Å². The van der Waals surface area contributed by atoms with E-state index in [0.717, 1.165) is 23.4 Å². The molecule has 3 fully saturated rings. The second-order valence-electron chi connectivity index (χ2n) is 9.58. The molecule has 9 nitrogen and oxygen atoms in total. The van der Waals surface area contributed by atoms with Crippen LogP contribution in [0, 0.1) is 39.2 Å². The largest absolute Gasteiger partial charge is 0.493 e. The number of carbonyl (C=O) groups is 2. The number of nitro benzene ring substituents is 1. The molecule has 1 heterocycles. The Balaban J connectivity index is 1.14. The maximum absolute atomic E-state index is 13.1. The van der Waals surface area contributed by atoms with Crippen LogP contribution in [0.4, 0.5) is 5.69 Å². The molecule has 178 valence electrons. The lowest BCUT2D eigenvalue weighted by Crippen LogP contribution is -2.30. The molecule has 0 aromatic heterocycles. The van der Waals surface area contributed by atoms with Crippen molar-refractivity contribution < 1.29 is 24.0 Å². The van der Waals surface area contributed by atoms with E-state index >= 15 is 0 Å². The zero-order chi connectivity index (χ0) is 24.3. The first kappa shape index (κ1) is 21.5. The highest BCUT2D eigenvalue weighted by molar-refractivity contribution is 6.07. The Morgan fingerprint density at radius 2 is 1.71 bits per heavy atom. The number of nitrogens with zero attached hydrogens (tertiary/aromatic N) is 3. The number of hydrazone groups is 1. The van der Waals surface area contributed by atoms with Gasteiger partial charge in [-0.3, -0.25) is 19.7 Å². The first-order chi connectivity index (χ1) is 16.9. The van der Waals surface area contributed by atoms with Crippen molar-refractivity contribution in [1.29, 1.82) is 0 Å². The molecule has 1 saturated heterocycles. The summed E-state index contributed by atoms with van der Waals surface area (Å²) in [5.41, 5.74) is 1.61. The molecule has 0 N–H and O–H groups in total. The van der Waals surface area contributed by atoms with E-state index in [4.69, 9.17) is 9.47 Å². The zero-order valence-corrected chi connectivity index (χ0v) is 19.0. The van der Waals surface area contributed by atoms with Crippen LogP contribution >= 0.6 is 0 Å². The fraction of sp³-hybridized carbons (Fsp3) is 0.346. The minimum atomic E-state index is -0.450. The van der Waals surface area contributed by atoms with Crippen molar-refractivity contribution in [3.05, 3.63) is 75.9 Å². The Morgan fingerprint density at radius 1 is 1.06 bits per heavy atom. The van der Waals surface area contributed by atoms with Gasteiger partial charge in [-0.2, -0.15) is 10.1 Å². The number of imide groups is 1. The molecule has 2 saturated carbocycles. The van der Waals surface area contributed by atoms with Crippen molar-refractivity contribution in [2.24, 2.45) is 34.2 Å². The van der Waals surface area contributed by atoms with Crippen LogP contribution in [-0.4, -0.2) is 35.1 Å². The van der Waals surface area contributed by atoms with Gasteiger partial charge in [-0.25, -0.2) is 0 Å². The quantitative estimate of drug-likeness (QED) is 0.199. The van der Waals surface area contributed by atoms with Crippen molar-refractivity contribution in [3.63, 3.8) is 0 Å². The van der Waals surface area contributed by atoms with Crippen LogP contribution in [0.2, 0.25) is 0 Å². The predicted molar refractivity (Wildman–Crippen MR) is 125 cm³/mol. The van der Waals surface area contributed by atoms with Gasteiger partial charge in [0, 0.05) is 12.1 Å². The second kappa shape index (κ2) is 7.76. The van der Waals surface area contributed by atoms with E-state index in [1.807, 2.05) is 0 Å². The number of nitro groups is 1. The summed E-state index contributed by atoms with van der Waals surface area (Å²) in [6, 6.07) is 11.3. The third-order valence-electron chi connectivity index (χ3n) is 7.88. The number of methoxy groups -OCH3 is 1. The lowest BCUT2D eigenvalue weighted by atomic mass is 9.85. The zero-order valence-electron chi connectivity index (χ0n) is 19.0. The molecule has 0 radical (unpaired) electrons. The number of hydrogen-bond donors (Lipinski definition) is 0. The Labute approximate surface area is 201 Å². The smallest absolute Gasteiger partial charge is 0.269 e. The highest BCUT2D eigenvalue weighted by atomic mass is 16.6. The summed E-state index contributed by atoms with van der Waals surface area (Å²) in [7, 11) is 1.51. The van der Waals surface area contributed by atoms with Gasteiger partial charge in [0.15, 0.2) is 11.5 Å². The predicted octanol–water partition coefficient (Wildman–Crippen LogP) is 3.71. The number of fused-ring (bicyclic) bond motifs is 3. The number of rotatable bonds is 7. The van der Waals surface area contributed by atoms with Crippen molar-refractivity contribution >= 4 is 23.7 Å². The average Bonchev–Trinajstić information content (AvgIpc) is 3.47. The van der Waals surface area contributed by atoms with Crippen molar-refractivity contribution in [2.75, 3.05) is 7.11 Å². The molecule has 1 spiro atoms. The minimum Gasteiger partial charge on any atom is -0.493 e. The maximum atomic E-state index is 13.1. The SMILES string of the molecule is COc1cc(/C=N\N2C(=O)[C@H]3[C@H](C2=O)[C@H]2C=C[C@H]3C23CC3)ccc1OCc1ccc([N+](=O)[O-])cc1. The number of non-ortho nitro benzene ring substituents is 1. The van der Waals surface area contributed by atoms with Gasteiger partial charge in [0.1, 0.15) is 6.61 Å². The number of amides is 2. The molecule has 2 amide bonds. The Kier molecular flexibility index (Phi) is 4.77. The van der Waals surface area contributed by atoms with Gasteiger partial charge in [0.25, 0.3) is 17.5 Å². The van der Waals surface area contributed by atoms with Crippen LogP contribution in [0.3, 0.4) is 0 Å². The summed E-state index contributed by atoms with van der Waals surface area (Å²) < 4.78 is 11.3. The molecule has 1 aliphatic heterocycles. The Hall–Kier alpha value is -4.01. The van der Waals surface area contributed by atoms with Gasteiger partial charge in [0.2, 0.25) is 0 Å². The lowest BCUT2D eigenvalue weighted by Gasteiger charge is -2.18. The summed E-state index contributed by atoms with van der Waals surface area (Å²) in [6.45, 7) is 0.208. The van der Waals surface area contributed by atoms with Crippen molar-refractivity contribution in [2.45, 2.75) is 19.4 Å². The molecule has 4 aliphatic rings. The molecular formula is C26H23N3O6. The highest BCUT2D eigenvalue weighted by Crippen LogP contribution is 2.73. The fourth-order valence-electron chi connectivity index (χ4n) is 6.06. The van der Waals surface area contributed by atoms with E-state index in [1.54, 1.807) is 30.3 Å². The summed E-state index contributed by atoms with van der Waals surface area (Å²) in [6.07, 6.45) is 7.96. The van der Waals surface area contributed by atoms with E-state index in [9.17, 15) is 19.7 Å². The van der Waals surface area contributed by atoms with E-state index < -0.39 is 4.92 Å². The molecule has 2 bridgehead atoms. The van der Waals surface area contributed by atoms with E-state index in [0.29, 0.717) is 17.1 Å². The van der Waals surface area contributed by atoms with E-state index in [-0.39, 0.29) is 53.2 Å². The Morgan fingerprint density at radius 3 is 2.29 bits per heavy atom. The topological polar surface area (TPSA) is 111 Å². The summed E-state index contributed by atoms with van der Waals surface area (Å²) in [5, 5.41) is 16.1. The summed E-state index contributed by atoms with van der Waals surface area (Å²) in [4.78, 5) is 36.5. The first-order valence-corrected chi connectivity index (χ1v) is 11.6.